The summed E-state index contributed by atoms with van der Waals surface area (Å²) in [5.41, 5.74) is 0.257. The van der Waals surface area contributed by atoms with Gasteiger partial charge in [-0.15, -0.1) is 0 Å². The number of hydrogen-bond donors (Lipinski definition) is 3. The van der Waals surface area contributed by atoms with Crippen molar-refractivity contribution in [2.45, 2.75) is 5.92 Å². The number of urea groups is 2. The second-order valence-electron chi connectivity index (χ2n) is 8.65. The summed E-state index contributed by atoms with van der Waals surface area (Å²) in [6, 6.07) is 19.2. The number of phenolic OH excluding ortho intramolecular Hbond substituents is 1. The highest BCUT2D eigenvalue weighted by Gasteiger charge is 2.55. The largest absolute Gasteiger partial charge is 0.508 e. The number of aromatic hydroxyl groups is 1. The van der Waals surface area contributed by atoms with E-state index in [1.807, 2.05) is 0 Å². The summed E-state index contributed by atoms with van der Waals surface area (Å²) >= 11 is 0. The summed E-state index contributed by atoms with van der Waals surface area (Å²) in [4.78, 5) is 80.9. The van der Waals surface area contributed by atoms with Crippen molar-refractivity contribution in [1.82, 2.24) is 10.6 Å². The van der Waals surface area contributed by atoms with Crippen molar-refractivity contribution in [1.29, 1.82) is 0 Å². The lowest BCUT2D eigenvalue weighted by Gasteiger charge is -2.39. The van der Waals surface area contributed by atoms with Crippen LogP contribution in [0.4, 0.5) is 21.0 Å². The summed E-state index contributed by atoms with van der Waals surface area (Å²) in [6.07, 6.45) is 0. The van der Waals surface area contributed by atoms with E-state index in [-0.39, 0.29) is 22.7 Å². The number of nitrogens with zero attached hydrogens (tertiary/aromatic N) is 2. The molecule has 2 heterocycles. The molecule has 190 valence electrons. The lowest BCUT2D eigenvalue weighted by Crippen LogP contribution is -2.64. The van der Waals surface area contributed by atoms with Crippen molar-refractivity contribution in [3.8, 4) is 5.75 Å². The molecule has 0 bridgehead atoms. The maximum absolute atomic E-state index is 13.8. The first-order valence-corrected chi connectivity index (χ1v) is 11.5. The molecule has 3 aromatic rings. The third kappa shape index (κ3) is 4.05. The molecule has 11 heteroatoms. The van der Waals surface area contributed by atoms with Gasteiger partial charge in [0.1, 0.15) is 17.6 Å². The molecule has 0 radical (unpaired) electrons. The fourth-order valence-corrected chi connectivity index (χ4v) is 4.78. The summed E-state index contributed by atoms with van der Waals surface area (Å²) in [6.45, 7) is 0. The number of anilines is 2. The molecule has 5 rings (SSSR count). The van der Waals surface area contributed by atoms with Gasteiger partial charge in [-0.25, -0.2) is 19.4 Å². The van der Waals surface area contributed by atoms with Crippen LogP contribution in [-0.2, 0) is 19.2 Å². The van der Waals surface area contributed by atoms with Gasteiger partial charge in [-0.05, 0) is 35.9 Å². The fourth-order valence-electron chi connectivity index (χ4n) is 4.78. The summed E-state index contributed by atoms with van der Waals surface area (Å²) in [7, 11) is 0. The Kier molecular flexibility index (Phi) is 6.17. The number of benzene rings is 3. The molecular weight excluding hydrogens is 492 g/mol. The van der Waals surface area contributed by atoms with Gasteiger partial charge in [-0.2, -0.15) is 0 Å². The maximum Gasteiger partial charge on any atom is 0.335 e. The average Bonchev–Trinajstić information content (AvgIpc) is 2.89. The van der Waals surface area contributed by atoms with Crippen molar-refractivity contribution >= 4 is 47.1 Å². The maximum atomic E-state index is 13.8. The van der Waals surface area contributed by atoms with Crippen LogP contribution in [0.25, 0.3) is 0 Å². The Morgan fingerprint density at radius 1 is 0.579 bits per heavy atom. The van der Waals surface area contributed by atoms with E-state index in [2.05, 4.69) is 10.6 Å². The molecule has 3 aromatic carbocycles. The van der Waals surface area contributed by atoms with Crippen LogP contribution < -0.4 is 20.4 Å². The lowest BCUT2D eigenvalue weighted by molar-refractivity contribution is -0.140. The summed E-state index contributed by atoms with van der Waals surface area (Å²) in [5, 5.41) is 15.0. The minimum Gasteiger partial charge on any atom is -0.508 e. The number of para-hydroxylation sites is 3. The van der Waals surface area contributed by atoms with Crippen LogP contribution in [-0.4, -0.2) is 40.8 Å². The molecule has 2 fully saturated rings. The van der Waals surface area contributed by atoms with Crippen molar-refractivity contribution in [2.24, 2.45) is 11.8 Å². The van der Waals surface area contributed by atoms with E-state index in [0.717, 1.165) is 9.80 Å². The molecule has 3 N–H and O–H groups in total. The Balaban J connectivity index is 1.66. The van der Waals surface area contributed by atoms with Gasteiger partial charge < -0.3 is 5.11 Å². The summed E-state index contributed by atoms with van der Waals surface area (Å²) < 4.78 is 0. The zero-order chi connectivity index (χ0) is 27.0. The monoisotopic (exact) mass is 512 g/mol. The molecule has 2 aliphatic rings. The number of hydrogen-bond acceptors (Lipinski definition) is 7. The van der Waals surface area contributed by atoms with Gasteiger partial charge in [0.15, 0.2) is 0 Å². The number of amides is 8. The normalized spacial score (nSPS) is 20.7. The predicted octanol–water partition coefficient (Wildman–Crippen LogP) is 2.27. The minimum absolute atomic E-state index is 0.0563. The molecule has 0 saturated carbocycles. The van der Waals surface area contributed by atoms with E-state index in [0.29, 0.717) is 0 Å². The van der Waals surface area contributed by atoms with Crippen LogP contribution in [0.5, 0.6) is 5.75 Å². The number of carbonyl (C=O) groups excluding carboxylic acids is 6. The molecule has 3 atom stereocenters. The second kappa shape index (κ2) is 9.62. The van der Waals surface area contributed by atoms with Crippen molar-refractivity contribution in [2.75, 3.05) is 9.80 Å². The standard InChI is InChI=1S/C27H20N4O7/c32-18-14-8-7-13-17(18)19(20-22(33)28-26(37)30(24(20)35)15-9-3-1-4-10-15)21-23(34)29-27(38)31(25(21)36)16-11-5-2-6-12-16/h1-14,19-21,32H,(H,28,33,37)(H,29,34,38)/t19?,20-,21+. The molecule has 2 aliphatic heterocycles. The molecule has 11 nitrogen and oxygen atoms in total. The smallest absolute Gasteiger partial charge is 0.335 e. The zero-order valence-corrected chi connectivity index (χ0v) is 19.6. The van der Waals surface area contributed by atoms with Gasteiger partial charge in [0.2, 0.25) is 23.6 Å². The Labute approximate surface area is 215 Å². The van der Waals surface area contributed by atoms with Crippen molar-refractivity contribution in [3.63, 3.8) is 0 Å². The van der Waals surface area contributed by atoms with E-state index < -0.39 is 53.4 Å². The molecule has 38 heavy (non-hydrogen) atoms. The number of phenols is 1. The molecule has 8 amide bonds. The predicted molar refractivity (Wildman–Crippen MR) is 133 cm³/mol. The van der Waals surface area contributed by atoms with Crippen molar-refractivity contribution in [3.05, 3.63) is 90.5 Å². The minimum atomic E-state index is -1.79. The molecule has 0 spiro atoms. The van der Waals surface area contributed by atoms with Gasteiger partial charge >= 0.3 is 12.1 Å². The fraction of sp³-hybridized carbons (Fsp3) is 0.111. The van der Waals surface area contributed by atoms with Crippen LogP contribution in [0.1, 0.15) is 11.5 Å². The first-order chi connectivity index (χ1) is 18.3. The number of carbonyl (C=O) groups is 6. The molecule has 1 unspecified atom stereocenters. The molecule has 0 aliphatic carbocycles. The van der Waals surface area contributed by atoms with E-state index in [1.165, 1.54) is 48.5 Å². The Morgan fingerprint density at radius 3 is 1.39 bits per heavy atom. The van der Waals surface area contributed by atoms with Gasteiger partial charge in [-0.3, -0.25) is 29.8 Å². The Morgan fingerprint density at radius 2 is 0.974 bits per heavy atom. The van der Waals surface area contributed by atoms with Crippen LogP contribution >= 0.6 is 0 Å². The van der Waals surface area contributed by atoms with E-state index in [9.17, 15) is 33.9 Å². The highest BCUT2D eigenvalue weighted by Crippen LogP contribution is 2.42. The van der Waals surface area contributed by atoms with Gasteiger partial charge in [-0.1, -0.05) is 54.6 Å². The van der Waals surface area contributed by atoms with Crippen molar-refractivity contribution < 1.29 is 33.9 Å². The van der Waals surface area contributed by atoms with E-state index in [1.54, 1.807) is 36.4 Å². The third-order valence-electron chi connectivity index (χ3n) is 6.45. The molecule has 2 saturated heterocycles. The third-order valence-corrected chi connectivity index (χ3v) is 6.45. The van der Waals surface area contributed by atoms with Gasteiger partial charge in [0.05, 0.1) is 11.4 Å². The molecule has 0 aromatic heterocycles. The average molecular weight is 512 g/mol. The Hall–Kier alpha value is -5.32. The SMILES string of the molecule is O=C1NC(=O)N(c2ccccc2)C(=O)[C@@H]1C(c1ccccc1O)[C@H]1C(=O)NC(=O)N(c2ccccc2)C1=O. The van der Waals surface area contributed by atoms with Gasteiger partial charge in [0.25, 0.3) is 0 Å². The summed E-state index contributed by atoms with van der Waals surface area (Å²) in [5.74, 6) is -9.63. The van der Waals surface area contributed by atoms with E-state index in [4.69, 9.17) is 0 Å². The lowest BCUT2D eigenvalue weighted by atomic mass is 9.73. The number of rotatable bonds is 5. The Bertz CT molecular complexity index is 1390. The number of imide groups is 4. The number of barbiturate groups is 2. The zero-order valence-electron chi connectivity index (χ0n) is 19.6. The first kappa shape index (κ1) is 24.4. The second-order valence-corrected chi connectivity index (χ2v) is 8.65. The first-order valence-electron chi connectivity index (χ1n) is 11.5. The highest BCUT2D eigenvalue weighted by atomic mass is 16.3. The van der Waals surface area contributed by atoms with Crippen LogP contribution in [0.2, 0.25) is 0 Å². The van der Waals surface area contributed by atoms with Crippen LogP contribution in [0, 0.1) is 11.8 Å². The highest BCUT2D eigenvalue weighted by molar-refractivity contribution is 6.31. The topological polar surface area (TPSA) is 153 Å². The number of nitrogens with one attached hydrogen (secondary N) is 2. The molecular formula is C27H20N4O7. The van der Waals surface area contributed by atoms with E-state index >= 15 is 0 Å². The van der Waals surface area contributed by atoms with Crippen LogP contribution in [0.15, 0.2) is 84.9 Å². The quantitative estimate of drug-likeness (QED) is 0.443. The van der Waals surface area contributed by atoms with Gasteiger partial charge in [0, 0.05) is 5.92 Å². The van der Waals surface area contributed by atoms with Crippen LogP contribution in [0.3, 0.4) is 0 Å².